The summed E-state index contributed by atoms with van der Waals surface area (Å²) in [7, 11) is 0. The number of likely N-dealkylation sites (tertiary alicyclic amines) is 1. The Bertz CT molecular complexity index is 1090. The smallest absolute Gasteiger partial charge is 0.326 e. The van der Waals surface area contributed by atoms with E-state index in [-0.39, 0.29) is 18.1 Å². The summed E-state index contributed by atoms with van der Waals surface area (Å²) in [6, 6.07) is 3.83. The summed E-state index contributed by atoms with van der Waals surface area (Å²) in [5.41, 5.74) is 7.44. The van der Waals surface area contributed by atoms with Gasteiger partial charge in [-0.25, -0.2) is 4.79 Å². The number of aliphatic carboxylic acids is 1. The molecule has 2 aromatic rings. The molecular weight excluding hydrogens is 470 g/mol. The topological polar surface area (TPSA) is 158 Å². The molecule has 0 radical (unpaired) electrons. The lowest BCUT2D eigenvalue weighted by Crippen LogP contribution is -2.59. The average molecular weight is 504 g/mol. The molecule has 4 unspecified atom stereocenters. The van der Waals surface area contributed by atoms with Gasteiger partial charge in [0.1, 0.15) is 18.1 Å². The van der Waals surface area contributed by atoms with Crippen molar-refractivity contribution in [2.24, 2.45) is 11.7 Å². The van der Waals surface area contributed by atoms with E-state index >= 15 is 0 Å². The van der Waals surface area contributed by atoms with Gasteiger partial charge in [-0.1, -0.05) is 32.0 Å². The highest BCUT2D eigenvalue weighted by Crippen LogP contribution is 2.23. The summed E-state index contributed by atoms with van der Waals surface area (Å²) < 4.78 is 0. The van der Waals surface area contributed by atoms with Crippen LogP contribution in [-0.4, -0.2) is 75.1 Å². The maximum absolute atomic E-state index is 13.5. The largest absolute Gasteiger partial charge is 0.480 e. The number of carboxylic acids is 1. The van der Waals surface area contributed by atoms with Crippen LogP contribution in [-0.2, 0) is 25.6 Å². The number of H-pyrrole nitrogens is 1. The first-order valence-electron chi connectivity index (χ1n) is 11.7. The van der Waals surface area contributed by atoms with Crippen molar-refractivity contribution in [1.82, 2.24) is 20.5 Å². The predicted molar refractivity (Wildman–Crippen MR) is 135 cm³/mol. The van der Waals surface area contributed by atoms with Crippen LogP contribution in [0.5, 0.6) is 0 Å². The number of thiol groups is 1. The second kappa shape index (κ2) is 11.6. The summed E-state index contributed by atoms with van der Waals surface area (Å²) in [6.45, 7) is 3.85. The summed E-state index contributed by atoms with van der Waals surface area (Å²) >= 11 is 4.03. The van der Waals surface area contributed by atoms with Crippen molar-refractivity contribution in [1.29, 1.82) is 0 Å². The molecule has 190 valence electrons. The quantitative estimate of drug-likeness (QED) is 0.262. The molecule has 1 aromatic heterocycles. The second-order valence-corrected chi connectivity index (χ2v) is 9.54. The van der Waals surface area contributed by atoms with Crippen LogP contribution in [0.4, 0.5) is 0 Å². The van der Waals surface area contributed by atoms with E-state index in [1.54, 1.807) is 20.0 Å². The highest BCUT2D eigenvalue weighted by Gasteiger charge is 2.39. The Hall–Kier alpha value is -3.05. The van der Waals surface area contributed by atoms with Crippen LogP contribution in [0.15, 0.2) is 30.5 Å². The molecule has 4 atom stereocenters. The number of carbonyl (C=O) groups is 4. The van der Waals surface area contributed by atoms with E-state index in [9.17, 15) is 24.3 Å². The first kappa shape index (κ1) is 26.6. The van der Waals surface area contributed by atoms with E-state index in [1.807, 2.05) is 24.3 Å². The predicted octanol–water partition coefficient (Wildman–Crippen LogP) is 0.669. The third kappa shape index (κ3) is 6.15. The zero-order valence-corrected chi connectivity index (χ0v) is 20.8. The summed E-state index contributed by atoms with van der Waals surface area (Å²) in [5.74, 6) is -2.75. The van der Waals surface area contributed by atoms with Crippen molar-refractivity contribution in [3.05, 3.63) is 36.0 Å². The number of para-hydroxylation sites is 1. The number of aromatic amines is 1. The van der Waals surface area contributed by atoms with E-state index in [4.69, 9.17) is 5.73 Å². The number of carboxylic acid groups (broad SMARTS) is 1. The number of aromatic nitrogens is 1. The fraction of sp³-hybridized carbons (Fsp3) is 0.500. The average Bonchev–Trinajstić information content (AvgIpc) is 3.48. The number of benzene rings is 1. The Morgan fingerprint density at radius 2 is 1.91 bits per heavy atom. The van der Waals surface area contributed by atoms with E-state index in [2.05, 4.69) is 28.2 Å². The number of nitrogens with two attached hydrogens (primary N) is 1. The number of hydrogen-bond acceptors (Lipinski definition) is 6. The molecule has 3 amide bonds. The van der Waals surface area contributed by atoms with E-state index in [1.165, 1.54) is 4.90 Å². The molecule has 0 saturated carbocycles. The number of rotatable bonds is 10. The van der Waals surface area contributed by atoms with Crippen LogP contribution < -0.4 is 16.4 Å². The van der Waals surface area contributed by atoms with Crippen molar-refractivity contribution >= 4 is 47.2 Å². The Morgan fingerprint density at radius 1 is 1.20 bits per heavy atom. The number of nitrogens with one attached hydrogen (secondary N) is 3. The van der Waals surface area contributed by atoms with Crippen molar-refractivity contribution in [2.75, 3.05) is 12.3 Å². The van der Waals surface area contributed by atoms with Gasteiger partial charge in [0.15, 0.2) is 0 Å². The Kier molecular flexibility index (Phi) is 8.79. The zero-order chi connectivity index (χ0) is 25.7. The van der Waals surface area contributed by atoms with Gasteiger partial charge in [-0.2, -0.15) is 12.6 Å². The van der Waals surface area contributed by atoms with Gasteiger partial charge in [0, 0.05) is 35.8 Å². The molecule has 0 aliphatic carbocycles. The van der Waals surface area contributed by atoms with E-state index < -0.39 is 47.9 Å². The number of nitrogens with zero attached hydrogens (tertiary/aromatic N) is 1. The molecule has 1 aromatic carbocycles. The standard InChI is InChI=1S/C24H33N5O5S/c1-13(2)20(28-21(30)16(25)12-35)22(31)27-18(23(32)29-9-5-8-19(29)24(33)34)10-14-11-26-17-7-4-3-6-15(14)17/h3-4,6-7,11,13,16,18-20,26,35H,5,8-10,12,25H2,1-2H3,(H,27,31)(H,28,30)(H,33,34). The number of carbonyl (C=O) groups excluding carboxylic acids is 3. The third-order valence-corrected chi connectivity index (χ3v) is 6.71. The minimum Gasteiger partial charge on any atom is -0.480 e. The number of fused-ring (bicyclic) bond motifs is 1. The van der Waals surface area contributed by atoms with E-state index in [0.29, 0.717) is 19.4 Å². The SMILES string of the molecule is CC(C)C(NC(=O)C(N)CS)C(=O)NC(Cc1c[nH]c2ccccc12)C(=O)N1CCCC1C(=O)O. The van der Waals surface area contributed by atoms with Crippen molar-refractivity contribution < 1.29 is 24.3 Å². The first-order valence-corrected chi connectivity index (χ1v) is 12.3. The molecule has 6 N–H and O–H groups in total. The molecule has 1 aliphatic rings. The van der Waals surface area contributed by atoms with Gasteiger partial charge in [-0.3, -0.25) is 14.4 Å². The van der Waals surface area contributed by atoms with Crippen molar-refractivity contribution in [2.45, 2.75) is 57.3 Å². The molecule has 1 saturated heterocycles. The monoisotopic (exact) mass is 503 g/mol. The maximum atomic E-state index is 13.5. The summed E-state index contributed by atoms with van der Waals surface area (Å²) in [4.78, 5) is 55.4. The highest BCUT2D eigenvalue weighted by atomic mass is 32.1. The minimum absolute atomic E-state index is 0.117. The third-order valence-electron chi connectivity index (χ3n) is 6.31. The van der Waals surface area contributed by atoms with Gasteiger partial charge in [0.2, 0.25) is 17.7 Å². The molecule has 1 aliphatic heterocycles. The van der Waals surface area contributed by atoms with Gasteiger partial charge in [-0.05, 0) is 30.4 Å². The van der Waals surface area contributed by atoms with Gasteiger partial charge >= 0.3 is 5.97 Å². The molecule has 1 fully saturated rings. The van der Waals surface area contributed by atoms with Crippen LogP contribution in [0.1, 0.15) is 32.3 Å². The van der Waals surface area contributed by atoms with Crippen molar-refractivity contribution in [3.8, 4) is 0 Å². The van der Waals surface area contributed by atoms with Gasteiger partial charge in [0.25, 0.3) is 0 Å². The molecule has 2 heterocycles. The van der Waals surface area contributed by atoms with Crippen LogP contribution >= 0.6 is 12.6 Å². The molecular formula is C24H33N5O5S. The van der Waals surface area contributed by atoms with Gasteiger partial charge < -0.3 is 31.4 Å². The minimum atomic E-state index is -1.07. The Labute approximate surface area is 209 Å². The molecule has 3 rings (SSSR count). The van der Waals surface area contributed by atoms with Crippen LogP contribution in [0.25, 0.3) is 10.9 Å². The molecule has 11 heteroatoms. The summed E-state index contributed by atoms with van der Waals surface area (Å²) in [6.07, 6.45) is 2.87. The maximum Gasteiger partial charge on any atom is 0.326 e. The molecule has 10 nitrogen and oxygen atoms in total. The second-order valence-electron chi connectivity index (χ2n) is 9.17. The Balaban J connectivity index is 1.88. The molecule has 0 bridgehead atoms. The van der Waals surface area contributed by atoms with Crippen LogP contribution in [0, 0.1) is 5.92 Å². The van der Waals surface area contributed by atoms with Crippen LogP contribution in [0.2, 0.25) is 0 Å². The zero-order valence-electron chi connectivity index (χ0n) is 19.9. The fourth-order valence-corrected chi connectivity index (χ4v) is 4.51. The lowest BCUT2D eigenvalue weighted by molar-refractivity contribution is -0.149. The first-order chi connectivity index (χ1) is 16.6. The summed E-state index contributed by atoms with van der Waals surface area (Å²) in [5, 5.41) is 15.9. The molecule has 35 heavy (non-hydrogen) atoms. The lowest BCUT2D eigenvalue weighted by atomic mass is 10.00. The van der Waals surface area contributed by atoms with Crippen molar-refractivity contribution in [3.63, 3.8) is 0 Å². The Morgan fingerprint density at radius 3 is 2.57 bits per heavy atom. The highest BCUT2D eigenvalue weighted by molar-refractivity contribution is 7.80. The van der Waals surface area contributed by atoms with Gasteiger partial charge in [-0.15, -0.1) is 0 Å². The normalized spacial score (nSPS) is 18.3. The fourth-order valence-electron chi connectivity index (χ4n) is 4.35. The van der Waals surface area contributed by atoms with Gasteiger partial charge in [0.05, 0.1) is 6.04 Å². The van der Waals surface area contributed by atoms with Crippen LogP contribution in [0.3, 0.4) is 0 Å². The van der Waals surface area contributed by atoms with E-state index in [0.717, 1.165) is 16.5 Å². The molecule has 0 spiro atoms. The number of amides is 3. The lowest BCUT2D eigenvalue weighted by Gasteiger charge is -2.30. The number of hydrogen-bond donors (Lipinski definition) is 6.